The summed E-state index contributed by atoms with van der Waals surface area (Å²) in [5.74, 6) is -1.01. The Morgan fingerprint density at radius 1 is 1.12 bits per heavy atom. The number of benzene rings is 2. The van der Waals surface area contributed by atoms with E-state index in [2.05, 4.69) is 5.32 Å². The van der Waals surface area contributed by atoms with Crippen molar-refractivity contribution in [3.63, 3.8) is 0 Å². The molecular formula is C18H20F2N2O2. The monoisotopic (exact) mass is 334 g/mol. The van der Waals surface area contributed by atoms with E-state index in [4.69, 9.17) is 5.11 Å². The Kier molecular flexibility index (Phi) is 6.69. The third kappa shape index (κ3) is 5.31. The predicted molar refractivity (Wildman–Crippen MR) is 87.4 cm³/mol. The molecule has 4 nitrogen and oxygen atoms in total. The van der Waals surface area contributed by atoms with E-state index in [0.717, 1.165) is 23.8 Å². The zero-order chi connectivity index (χ0) is 17.4. The topological polar surface area (TPSA) is 52.6 Å². The highest BCUT2D eigenvalue weighted by molar-refractivity contribution is 5.74. The Morgan fingerprint density at radius 2 is 1.88 bits per heavy atom. The maximum atomic E-state index is 13.5. The zero-order valence-corrected chi connectivity index (χ0v) is 13.2. The molecule has 0 bridgehead atoms. The van der Waals surface area contributed by atoms with Crippen molar-refractivity contribution in [2.45, 2.75) is 13.0 Å². The molecule has 0 unspecified atom stereocenters. The molecule has 0 aliphatic rings. The molecule has 0 spiro atoms. The van der Waals surface area contributed by atoms with Gasteiger partial charge >= 0.3 is 6.03 Å². The van der Waals surface area contributed by atoms with Crippen molar-refractivity contribution in [3.8, 4) is 0 Å². The van der Waals surface area contributed by atoms with Crippen molar-refractivity contribution in [2.24, 2.45) is 0 Å². The van der Waals surface area contributed by atoms with Crippen molar-refractivity contribution in [3.05, 3.63) is 71.3 Å². The number of hydrogen-bond acceptors (Lipinski definition) is 2. The lowest BCUT2D eigenvalue weighted by Gasteiger charge is -2.22. The van der Waals surface area contributed by atoms with Crippen LogP contribution in [0, 0.1) is 11.6 Å². The minimum Gasteiger partial charge on any atom is -0.395 e. The first-order valence-electron chi connectivity index (χ1n) is 7.71. The summed E-state index contributed by atoms with van der Waals surface area (Å²) in [6.45, 7) is 0.575. The fourth-order valence-electron chi connectivity index (χ4n) is 2.33. The molecule has 24 heavy (non-hydrogen) atoms. The molecule has 0 heterocycles. The van der Waals surface area contributed by atoms with Gasteiger partial charge in [0.2, 0.25) is 0 Å². The van der Waals surface area contributed by atoms with Crippen molar-refractivity contribution in [1.82, 2.24) is 10.2 Å². The normalized spacial score (nSPS) is 10.5. The molecule has 0 saturated heterocycles. The lowest BCUT2D eigenvalue weighted by molar-refractivity contribution is 0.174. The largest absolute Gasteiger partial charge is 0.395 e. The summed E-state index contributed by atoms with van der Waals surface area (Å²) in [5.41, 5.74) is 1.16. The van der Waals surface area contributed by atoms with E-state index >= 15 is 0 Å². The third-order valence-electron chi connectivity index (χ3n) is 3.55. The van der Waals surface area contributed by atoms with Crippen LogP contribution in [0.4, 0.5) is 13.6 Å². The fourth-order valence-corrected chi connectivity index (χ4v) is 2.33. The van der Waals surface area contributed by atoms with Gasteiger partial charge in [0.15, 0.2) is 0 Å². The third-order valence-corrected chi connectivity index (χ3v) is 3.55. The van der Waals surface area contributed by atoms with E-state index in [0.29, 0.717) is 6.54 Å². The molecule has 2 aromatic carbocycles. The van der Waals surface area contributed by atoms with E-state index < -0.39 is 11.6 Å². The number of aliphatic hydroxyl groups is 1. The van der Waals surface area contributed by atoms with Crippen LogP contribution >= 0.6 is 0 Å². The number of nitrogens with zero attached hydrogens (tertiary/aromatic N) is 1. The van der Waals surface area contributed by atoms with Gasteiger partial charge in [-0.15, -0.1) is 0 Å². The minimum absolute atomic E-state index is 0.154. The van der Waals surface area contributed by atoms with Crippen LogP contribution in [0.25, 0.3) is 0 Å². The molecule has 2 amide bonds. The highest BCUT2D eigenvalue weighted by Crippen LogP contribution is 2.10. The Balaban J connectivity index is 1.89. The molecule has 0 saturated carbocycles. The lowest BCUT2D eigenvalue weighted by Crippen LogP contribution is -2.41. The quantitative estimate of drug-likeness (QED) is 0.818. The number of carbonyl (C=O) groups excluding carboxylic acids is 1. The van der Waals surface area contributed by atoms with Crippen LogP contribution in [-0.2, 0) is 13.0 Å². The van der Waals surface area contributed by atoms with Crippen molar-refractivity contribution >= 4 is 6.03 Å². The van der Waals surface area contributed by atoms with Gasteiger partial charge in [-0.1, -0.05) is 30.3 Å². The average Bonchev–Trinajstić information content (AvgIpc) is 2.58. The van der Waals surface area contributed by atoms with Crippen LogP contribution in [0.15, 0.2) is 48.5 Å². The second-order valence-corrected chi connectivity index (χ2v) is 5.35. The lowest BCUT2D eigenvalue weighted by atomic mass is 10.1. The van der Waals surface area contributed by atoms with Gasteiger partial charge in [0.1, 0.15) is 11.6 Å². The van der Waals surface area contributed by atoms with Crippen molar-refractivity contribution < 1.29 is 18.7 Å². The predicted octanol–water partition coefficient (Wildman–Crippen LogP) is 2.71. The summed E-state index contributed by atoms with van der Waals surface area (Å²) in [5, 5.41) is 11.8. The first kappa shape index (κ1) is 17.9. The maximum Gasteiger partial charge on any atom is 0.317 e. The summed E-state index contributed by atoms with van der Waals surface area (Å²) in [6.07, 6.45) is 0.188. The number of nitrogens with one attached hydrogen (secondary N) is 1. The van der Waals surface area contributed by atoms with Gasteiger partial charge in [-0.05, 0) is 35.7 Å². The first-order valence-corrected chi connectivity index (χ1v) is 7.71. The van der Waals surface area contributed by atoms with Crippen LogP contribution in [0.1, 0.15) is 11.1 Å². The molecule has 0 aliphatic carbocycles. The second kappa shape index (κ2) is 8.98. The van der Waals surface area contributed by atoms with Gasteiger partial charge in [-0.3, -0.25) is 0 Å². The minimum atomic E-state index is -0.510. The Bertz CT molecular complexity index is 665. The highest BCUT2D eigenvalue weighted by Gasteiger charge is 2.13. The number of carbonyl (C=O) groups is 1. The molecule has 0 atom stereocenters. The zero-order valence-electron chi connectivity index (χ0n) is 13.2. The van der Waals surface area contributed by atoms with Crippen LogP contribution in [-0.4, -0.2) is 35.7 Å². The molecule has 6 heteroatoms. The summed E-state index contributed by atoms with van der Waals surface area (Å²) < 4.78 is 26.7. The Labute approximate surface area is 139 Å². The molecule has 0 aromatic heterocycles. The van der Waals surface area contributed by atoms with E-state index in [9.17, 15) is 13.6 Å². The molecule has 2 aromatic rings. The van der Waals surface area contributed by atoms with E-state index in [1.165, 1.54) is 4.90 Å². The smallest absolute Gasteiger partial charge is 0.317 e. The summed E-state index contributed by atoms with van der Waals surface area (Å²) in [6, 6.07) is 12.3. The molecule has 0 fully saturated rings. The van der Waals surface area contributed by atoms with Gasteiger partial charge < -0.3 is 15.3 Å². The number of aliphatic hydroxyl groups excluding tert-OH is 1. The standard InChI is InChI=1S/C18H20F2N2O2/c19-16-6-7-17(20)15(12-16)8-9-21-18(24)22(10-11-23)13-14-4-2-1-3-5-14/h1-7,12,23H,8-11,13H2,(H,21,24). The summed E-state index contributed by atoms with van der Waals surface area (Å²) >= 11 is 0. The Hall–Kier alpha value is -2.47. The highest BCUT2D eigenvalue weighted by atomic mass is 19.1. The SMILES string of the molecule is O=C(NCCc1cc(F)ccc1F)N(CCO)Cc1ccccc1. The molecule has 2 rings (SSSR count). The van der Waals surface area contributed by atoms with E-state index in [1.54, 1.807) is 0 Å². The van der Waals surface area contributed by atoms with Crippen LogP contribution in [0.3, 0.4) is 0 Å². The van der Waals surface area contributed by atoms with E-state index in [1.807, 2.05) is 30.3 Å². The number of rotatable bonds is 7. The molecule has 128 valence electrons. The number of halogens is 2. The molecule has 0 aliphatic heterocycles. The summed E-state index contributed by atoms with van der Waals surface area (Å²) in [4.78, 5) is 13.7. The number of hydrogen-bond donors (Lipinski definition) is 2. The van der Waals surface area contributed by atoms with Crippen LogP contribution in [0.2, 0.25) is 0 Å². The van der Waals surface area contributed by atoms with Gasteiger partial charge in [0.05, 0.1) is 6.61 Å². The van der Waals surface area contributed by atoms with Gasteiger partial charge in [0.25, 0.3) is 0 Å². The fraction of sp³-hybridized carbons (Fsp3) is 0.278. The second-order valence-electron chi connectivity index (χ2n) is 5.35. The molecular weight excluding hydrogens is 314 g/mol. The summed E-state index contributed by atoms with van der Waals surface area (Å²) in [7, 11) is 0. The van der Waals surface area contributed by atoms with Crippen LogP contribution in [0.5, 0.6) is 0 Å². The van der Waals surface area contributed by atoms with Crippen molar-refractivity contribution in [2.75, 3.05) is 19.7 Å². The van der Waals surface area contributed by atoms with E-state index in [-0.39, 0.29) is 37.7 Å². The van der Waals surface area contributed by atoms with Gasteiger partial charge in [-0.2, -0.15) is 0 Å². The average molecular weight is 334 g/mol. The molecule has 2 N–H and O–H groups in total. The number of amides is 2. The maximum absolute atomic E-state index is 13.5. The number of urea groups is 1. The van der Waals surface area contributed by atoms with Crippen LogP contribution < -0.4 is 5.32 Å². The Morgan fingerprint density at radius 3 is 2.58 bits per heavy atom. The van der Waals surface area contributed by atoms with Gasteiger partial charge in [0, 0.05) is 19.6 Å². The van der Waals surface area contributed by atoms with Crippen molar-refractivity contribution in [1.29, 1.82) is 0 Å². The molecule has 0 radical (unpaired) electrons. The van der Waals surface area contributed by atoms with Gasteiger partial charge in [-0.25, -0.2) is 13.6 Å². The first-order chi connectivity index (χ1) is 11.6.